The Morgan fingerprint density at radius 3 is 2.51 bits per heavy atom. The van der Waals surface area contributed by atoms with Crippen LogP contribution in [-0.4, -0.2) is 60.6 Å². The van der Waals surface area contributed by atoms with Crippen molar-refractivity contribution in [1.29, 1.82) is 0 Å². The third-order valence-electron chi connectivity index (χ3n) is 7.66. The molecule has 1 aromatic carbocycles. The van der Waals surface area contributed by atoms with Gasteiger partial charge in [-0.25, -0.2) is 9.97 Å². The summed E-state index contributed by atoms with van der Waals surface area (Å²) in [6.07, 6.45) is 5.80. The number of rotatable bonds is 7. The zero-order valence-corrected chi connectivity index (χ0v) is 21.7. The predicted molar refractivity (Wildman–Crippen MR) is 141 cm³/mol. The number of hydrogen-bond acceptors (Lipinski definition) is 7. The lowest BCUT2D eigenvalue weighted by Gasteiger charge is -2.33. The standard InChI is InChI=1S/C27H35N5O2S/c1-18-19(2)35-27-24(18)25(29-17-30-27)32-14-10-21(11-15-32)26(33)28-16-23(31-12-4-5-13-31)20-6-8-22(34-3)9-7-20/h6-9,17,21,23H,4-5,10-16H2,1-3H3,(H,28,33)/t23-/m0/s1. The van der Waals surface area contributed by atoms with Crippen LogP contribution in [0.25, 0.3) is 10.2 Å². The third-order valence-corrected chi connectivity index (χ3v) is 8.78. The minimum Gasteiger partial charge on any atom is -0.497 e. The van der Waals surface area contributed by atoms with Gasteiger partial charge in [0.05, 0.1) is 18.5 Å². The molecule has 35 heavy (non-hydrogen) atoms. The molecule has 0 aliphatic carbocycles. The maximum Gasteiger partial charge on any atom is 0.223 e. The first-order valence-electron chi connectivity index (χ1n) is 12.7. The molecule has 2 fully saturated rings. The average molecular weight is 494 g/mol. The van der Waals surface area contributed by atoms with Crippen LogP contribution in [-0.2, 0) is 4.79 Å². The van der Waals surface area contributed by atoms with Gasteiger partial charge in [0.2, 0.25) is 5.91 Å². The molecule has 0 radical (unpaired) electrons. The fourth-order valence-corrected chi connectivity index (χ4v) is 6.43. The number of aryl methyl sites for hydroxylation is 2. The van der Waals surface area contributed by atoms with Crippen molar-refractivity contribution in [2.75, 3.05) is 44.7 Å². The molecule has 8 heteroatoms. The van der Waals surface area contributed by atoms with Gasteiger partial charge in [0.15, 0.2) is 0 Å². The van der Waals surface area contributed by atoms with Crippen molar-refractivity contribution < 1.29 is 9.53 Å². The molecule has 186 valence electrons. The molecule has 2 aliphatic rings. The Morgan fingerprint density at radius 1 is 1.11 bits per heavy atom. The first-order chi connectivity index (χ1) is 17.0. The number of likely N-dealkylation sites (tertiary alicyclic amines) is 1. The van der Waals surface area contributed by atoms with Gasteiger partial charge >= 0.3 is 0 Å². The molecule has 0 saturated carbocycles. The number of carbonyl (C=O) groups is 1. The number of ether oxygens (including phenoxy) is 1. The van der Waals surface area contributed by atoms with Crippen molar-refractivity contribution in [3.05, 3.63) is 46.6 Å². The second-order valence-electron chi connectivity index (χ2n) is 9.70. The Bertz CT molecular complexity index is 1160. The highest BCUT2D eigenvalue weighted by molar-refractivity contribution is 7.18. The number of carbonyl (C=O) groups excluding carboxylic acids is 1. The number of anilines is 1. The summed E-state index contributed by atoms with van der Waals surface area (Å²) in [4.78, 5) is 29.4. The van der Waals surface area contributed by atoms with E-state index in [0.717, 1.165) is 55.4 Å². The molecule has 0 unspecified atom stereocenters. The van der Waals surface area contributed by atoms with E-state index < -0.39 is 0 Å². The van der Waals surface area contributed by atoms with Crippen molar-refractivity contribution >= 4 is 33.3 Å². The van der Waals surface area contributed by atoms with E-state index in [1.54, 1.807) is 24.8 Å². The van der Waals surface area contributed by atoms with Crippen molar-refractivity contribution in [3.8, 4) is 5.75 Å². The second-order valence-corrected chi connectivity index (χ2v) is 10.9. The number of methoxy groups -OCH3 is 1. The van der Waals surface area contributed by atoms with E-state index in [0.29, 0.717) is 6.54 Å². The average Bonchev–Trinajstić information content (AvgIpc) is 3.53. The SMILES string of the molecule is COc1ccc([C@H](CNC(=O)C2CCN(c3ncnc4sc(C)c(C)c34)CC2)N2CCCC2)cc1. The summed E-state index contributed by atoms with van der Waals surface area (Å²) in [6, 6.07) is 8.48. The Kier molecular flexibility index (Phi) is 7.20. The lowest BCUT2D eigenvalue weighted by molar-refractivity contribution is -0.125. The highest BCUT2D eigenvalue weighted by atomic mass is 32.1. The summed E-state index contributed by atoms with van der Waals surface area (Å²) in [5.74, 6) is 2.10. The van der Waals surface area contributed by atoms with Gasteiger partial charge in [-0.15, -0.1) is 11.3 Å². The molecule has 1 amide bonds. The zero-order valence-electron chi connectivity index (χ0n) is 20.9. The van der Waals surface area contributed by atoms with Crippen LogP contribution in [0, 0.1) is 19.8 Å². The summed E-state index contributed by atoms with van der Waals surface area (Å²) in [5, 5.41) is 4.47. The number of nitrogens with one attached hydrogen (secondary N) is 1. The predicted octanol–water partition coefficient (Wildman–Crippen LogP) is 4.49. The Hall–Kier alpha value is -2.71. The molecule has 3 aromatic rings. The van der Waals surface area contributed by atoms with Crippen LogP contribution in [0.3, 0.4) is 0 Å². The molecular weight excluding hydrogens is 458 g/mol. The Balaban J connectivity index is 1.21. The quantitative estimate of drug-likeness (QED) is 0.523. The van der Waals surface area contributed by atoms with Crippen molar-refractivity contribution in [2.45, 2.75) is 45.6 Å². The van der Waals surface area contributed by atoms with Crippen LogP contribution in [0.5, 0.6) is 5.75 Å². The molecule has 0 bridgehead atoms. The van der Waals surface area contributed by atoms with Gasteiger partial charge in [-0.05, 0) is 75.9 Å². The van der Waals surface area contributed by atoms with Crippen LogP contribution < -0.4 is 15.0 Å². The molecule has 5 rings (SSSR count). The number of aromatic nitrogens is 2. The molecule has 2 aromatic heterocycles. The molecule has 1 N–H and O–H groups in total. The van der Waals surface area contributed by atoms with E-state index in [-0.39, 0.29) is 17.9 Å². The van der Waals surface area contributed by atoms with Gasteiger partial charge in [0.1, 0.15) is 22.7 Å². The summed E-state index contributed by atoms with van der Waals surface area (Å²) >= 11 is 1.73. The number of nitrogens with zero attached hydrogens (tertiary/aromatic N) is 4. The fraction of sp³-hybridized carbons (Fsp3) is 0.519. The van der Waals surface area contributed by atoms with Crippen LogP contribution in [0.2, 0.25) is 0 Å². The van der Waals surface area contributed by atoms with Gasteiger partial charge in [-0.2, -0.15) is 0 Å². The fourth-order valence-electron chi connectivity index (χ4n) is 5.44. The van der Waals surface area contributed by atoms with Crippen molar-refractivity contribution in [1.82, 2.24) is 20.2 Å². The smallest absolute Gasteiger partial charge is 0.223 e. The third kappa shape index (κ3) is 5.00. The Morgan fingerprint density at radius 2 is 1.83 bits per heavy atom. The topological polar surface area (TPSA) is 70.6 Å². The number of amides is 1. The highest BCUT2D eigenvalue weighted by Gasteiger charge is 2.29. The molecule has 4 heterocycles. The van der Waals surface area contributed by atoms with Gasteiger partial charge in [0, 0.05) is 30.4 Å². The van der Waals surface area contributed by atoms with Crippen LogP contribution >= 0.6 is 11.3 Å². The van der Waals surface area contributed by atoms with Gasteiger partial charge in [-0.3, -0.25) is 9.69 Å². The molecule has 7 nitrogen and oxygen atoms in total. The molecule has 2 aliphatic heterocycles. The van der Waals surface area contributed by atoms with Crippen molar-refractivity contribution in [3.63, 3.8) is 0 Å². The van der Waals surface area contributed by atoms with E-state index in [1.165, 1.54) is 34.2 Å². The zero-order chi connectivity index (χ0) is 24.4. The minimum absolute atomic E-state index is 0.0454. The lowest BCUT2D eigenvalue weighted by atomic mass is 9.95. The lowest BCUT2D eigenvalue weighted by Crippen LogP contribution is -2.43. The first-order valence-corrected chi connectivity index (χ1v) is 13.5. The van der Waals surface area contributed by atoms with Crippen LogP contribution in [0.15, 0.2) is 30.6 Å². The highest BCUT2D eigenvalue weighted by Crippen LogP contribution is 2.35. The maximum absolute atomic E-state index is 13.2. The number of fused-ring (bicyclic) bond motifs is 1. The van der Waals surface area contributed by atoms with E-state index >= 15 is 0 Å². The number of hydrogen-bond donors (Lipinski definition) is 1. The minimum atomic E-state index is 0.0454. The monoisotopic (exact) mass is 493 g/mol. The number of piperidine rings is 1. The van der Waals surface area contributed by atoms with E-state index in [2.05, 4.69) is 51.1 Å². The van der Waals surface area contributed by atoms with E-state index in [4.69, 9.17) is 4.74 Å². The summed E-state index contributed by atoms with van der Waals surface area (Å²) < 4.78 is 5.33. The van der Waals surface area contributed by atoms with E-state index in [1.807, 2.05) is 12.1 Å². The summed E-state index contributed by atoms with van der Waals surface area (Å²) in [7, 11) is 1.69. The van der Waals surface area contributed by atoms with Gasteiger partial charge in [-0.1, -0.05) is 12.1 Å². The number of thiophene rings is 1. The Labute approximate surface area is 211 Å². The summed E-state index contributed by atoms with van der Waals surface area (Å²) in [6.45, 7) is 8.79. The van der Waals surface area contributed by atoms with Gasteiger partial charge < -0.3 is 15.0 Å². The van der Waals surface area contributed by atoms with Crippen LogP contribution in [0.4, 0.5) is 5.82 Å². The molecule has 1 atom stereocenters. The first kappa shape index (κ1) is 24.0. The largest absolute Gasteiger partial charge is 0.497 e. The molecular formula is C27H35N5O2S. The van der Waals surface area contributed by atoms with Crippen molar-refractivity contribution in [2.24, 2.45) is 5.92 Å². The number of benzene rings is 1. The van der Waals surface area contributed by atoms with Crippen LogP contribution in [0.1, 0.15) is 47.7 Å². The van der Waals surface area contributed by atoms with Gasteiger partial charge in [0.25, 0.3) is 0 Å². The maximum atomic E-state index is 13.2. The second kappa shape index (κ2) is 10.5. The summed E-state index contributed by atoms with van der Waals surface area (Å²) in [5.41, 5.74) is 2.50. The normalized spacial score (nSPS) is 18.2. The molecule has 2 saturated heterocycles. The molecule has 0 spiro atoms. The van der Waals surface area contributed by atoms with E-state index in [9.17, 15) is 4.79 Å².